The molecular weight excluding hydrogens is 242 g/mol. The Hall–Kier alpha value is -1.83. The Bertz CT molecular complexity index is 346. The van der Waals surface area contributed by atoms with Crippen LogP contribution in [0.15, 0.2) is 0 Å². The van der Waals surface area contributed by atoms with Crippen molar-refractivity contribution in [2.24, 2.45) is 5.73 Å². The zero-order valence-corrected chi connectivity index (χ0v) is 10.1. The number of aliphatic carboxylic acids is 1. The van der Waals surface area contributed by atoms with Crippen LogP contribution < -0.4 is 11.1 Å². The number of primary amides is 1. The van der Waals surface area contributed by atoms with Gasteiger partial charge in [0.2, 0.25) is 5.91 Å². The van der Waals surface area contributed by atoms with E-state index in [2.05, 4.69) is 5.32 Å². The molecule has 3 amide bonds. The molecule has 0 aromatic rings. The third kappa shape index (κ3) is 3.33. The topological polar surface area (TPSA) is 122 Å². The highest BCUT2D eigenvalue weighted by atomic mass is 16.5. The Morgan fingerprint density at radius 3 is 2.72 bits per heavy atom. The molecule has 4 N–H and O–H groups in total. The summed E-state index contributed by atoms with van der Waals surface area (Å²) in [6, 6.07) is -2.45. The molecule has 0 radical (unpaired) electrons. The Kier molecular flexibility index (Phi) is 4.90. The summed E-state index contributed by atoms with van der Waals surface area (Å²) in [5, 5.41) is 11.2. The molecule has 18 heavy (non-hydrogen) atoms. The maximum atomic E-state index is 11.9. The Balaban J connectivity index is 2.68. The number of nitrogens with one attached hydrogen (secondary N) is 1. The van der Waals surface area contributed by atoms with Gasteiger partial charge in [0, 0.05) is 6.54 Å². The predicted octanol–water partition coefficient (Wildman–Crippen LogP) is -1.25. The standard InChI is InChI=1S/C10H17N3O5/c1-2-6(9(15)16)12-10(17)13-3-4-18-5-7(13)8(11)14/h6-7H,2-5H2,1H3,(H2,11,14)(H,12,17)(H,15,16)/t6-,7?/m0/s1. The lowest BCUT2D eigenvalue weighted by atomic mass is 10.2. The van der Waals surface area contributed by atoms with Gasteiger partial charge in [-0.25, -0.2) is 9.59 Å². The Morgan fingerprint density at radius 2 is 2.22 bits per heavy atom. The van der Waals surface area contributed by atoms with Gasteiger partial charge in [-0.2, -0.15) is 0 Å². The highest BCUT2D eigenvalue weighted by Gasteiger charge is 2.32. The second-order valence-electron chi connectivity index (χ2n) is 3.94. The molecule has 102 valence electrons. The molecular formula is C10H17N3O5. The molecule has 1 aliphatic heterocycles. The van der Waals surface area contributed by atoms with Crippen molar-refractivity contribution < 1.29 is 24.2 Å². The average molecular weight is 259 g/mol. The minimum atomic E-state index is -1.12. The summed E-state index contributed by atoms with van der Waals surface area (Å²) in [7, 11) is 0. The van der Waals surface area contributed by atoms with Gasteiger partial charge in [0.05, 0.1) is 13.2 Å². The highest BCUT2D eigenvalue weighted by Crippen LogP contribution is 2.07. The molecule has 1 rings (SSSR count). The van der Waals surface area contributed by atoms with Crippen molar-refractivity contribution in [3.63, 3.8) is 0 Å². The fourth-order valence-corrected chi connectivity index (χ4v) is 1.65. The van der Waals surface area contributed by atoms with Crippen LogP contribution in [0.25, 0.3) is 0 Å². The van der Waals surface area contributed by atoms with Crippen molar-refractivity contribution in [1.82, 2.24) is 10.2 Å². The summed E-state index contributed by atoms with van der Waals surface area (Å²) in [4.78, 5) is 35.1. The molecule has 0 bridgehead atoms. The van der Waals surface area contributed by atoms with Gasteiger partial charge in [-0.15, -0.1) is 0 Å². The van der Waals surface area contributed by atoms with Crippen LogP contribution in [0, 0.1) is 0 Å². The first-order valence-corrected chi connectivity index (χ1v) is 5.64. The maximum Gasteiger partial charge on any atom is 0.326 e. The molecule has 0 aromatic carbocycles. The van der Waals surface area contributed by atoms with E-state index in [1.54, 1.807) is 6.92 Å². The minimum Gasteiger partial charge on any atom is -0.480 e. The smallest absolute Gasteiger partial charge is 0.326 e. The van der Waals surface area contributed by atoms with Gasteiger partial charge in [-0.1, -0.05) is 6.92 Å². The van der Waals surface area contributed by atoms with Crippen LogP contribution in [0.1, 0.15) is 13.3 Å². The largest absolute Gasteiger partial charge is 0.480 e. The van der Waals surface area contributed by atoms with E-state index in [4.69, 9.17) is 15.6 Å². The Morgan fingerprint density at radius 1 is 1.56 bits per heavy atom. The monoisotopic (exact) mass is 259 g/mol. The summed E-state index contributed by atoms with van der Waals surface area (Å²) in [5.74, 6) is -1.79. The molecule has 0 saturated carbocycles. The number of nitrogens with two attached hydrogens (primary N) is 1. The lowest BCUT2D eigenvalue weighted by Gasteiger charge is -2.34. The van der Waals surface area contributed by atoms with Crippen LogP contribution in [0.2, 0.25) is 0 Å². The number of hydrogen-bond acceptors (Lipinski definition) is 4. The summed E-state index contributed by atoms with van der Waals surface area (Å²) in [5.41, 5.74) is 5.16. The number of hydrogen-bond donors (Lipinski definition) is 3. The van der Waals surface area contributed by atoms with E-state index in [0.717, 1.165) is 0 Å². The van der Waals surface area contributed by atoms with E-state index in [1.165, 1.54) is 4.90 Å². The molecule has 0 aromatic heterocycles. The van der Waals surface area contributed by atoms with Gasteiger partial charge in [-0.3, -0.25) is 4.79 Å². The van der Waals surface area contributed by atoms with Crippen molar-refractivity contribution in [3.05, 3.63) is 0 Å². The van der Waals surface area contributed by atoms with Gasteiger partial charge < -0.3 is 25.8 Å². The molecule has 1 saturated heterocycles. The normalized spacial score (nSPS) is 21.2. The number of ether oxygens (including phenoxy) is 1. The first-order valence-electron chi connectivity index (χ1n) is 5.64. The SMILES string of the molecule is CC[C@H](NC(=O)N1CCOCC1C(N)=O)C(=O)O. The second-order valence-corrected chi connectivity index (χ2v) is 3.94. The molecule has 1 fully saturated rings. The molecule has 0 spiro atoms. The zero-order valence-electron chi connectivity index (χ0n) is 10.1. The van der Waals surface area contributed by atoms with Crippen LogP contribution in [0.5, 0.6) is 0 Å². The summed E-state index contributed by atoms with van der Waals surface area (Å²) in [6.07, 6.45) is 0.257. The van der Waals surface area contributed by atoms with Crippen LogP contribution in [-0.2, 0) is 14.3 Å². The number of nitrogens with zero attached hydrogens (tertiary/aromatic N) is 1. The number of rotatable bonds is 4. The van der Waals surface area contributed by atoms with Crippen LogP contribution in [0.3, 0.4) is 0 Å². The fourth-order valence-electron chi connectivity index (χ4n) is 1.65. The summed E-state index contributed by atoms with van der Waals surface area (Å²) >= 11 is 0. The molecule has 1 heterocycles. The van der Waals surface area contributed by atoms with E-state index in [0.29, 0.717) is 6.61 Å². The van der Waals surface area contributed by atoms with Crippen LogP contribution >= 0.6 is 0 Å². The van der Waals surface area contributed by atoms with Crippen molar-refractivity contribution in [3.8, 4) is 0 Å². The van der Waals surface area contributed by atoms with E-state index < -0.39 is 30.0 Å². The molecule has 1 unspecified atom stereocenters. The number of carboxylic acids is 1. The van der Waals surface area contributed by atoms with Crippen molar-refractivity contribution >= 4 is 17.9 Å². The zero-order chi connectivity index (χ0) is 13.7. The molecule has 0 aliphatic carbocycles. The van der Waals surface area contributed by atoms with E-state index in [1.807, 2.05) is 0 Å². The lowest BCUT2D eigenvalue weighted by molar-refractivity contribution is -0.139. The number of carbonyl (C=O) groups excluding carboxylic acids is 2. The number of carboxylic acid groups (broad SMARTS) is 1. The van der Waals surface area contributed by atoms with Crippen molar-refractivity contribution in [2.45, 2.75) is 25.4 Å². The summed E-state index contributed by atoms with van der Waals surface area (Å²) in [6.45, 7) is 2.17. The molecule has 8 heteroatoms. The van der Waals surface area contributed by atoms with Gasteiger partial charge in [0.1, 0.15) is 12.1 Å². The van der Waals surface area contributed by atoms with Crippen molar-refractivity contribution in [2.75, 3.05) is 19.8 Å². The number of morpholine rings is 1. The quantitative estimate of drug-likeness (QED) is 0.582. The second kappa shape index (κ2) is 6.20. The highest BCUT2D eigenvalue weighted by molar-refractivity contribution is 5.88. The molecule has 1 aliphatic rings. The summed E-state index contributed by atoms with van der Waals surface area (Å²) < 4.78 is 5.06. The maximum absolute atomic E-state index is 11.9. The van der Waals surface area contributed by atoms with E-state index in [-0.39, 0.29) is 19.6 Å². The minimum absolute atomic E-state index is 0.0343. The molecule has 8 nitrogen and oxygen atoms in total. The predicted molar refractivity (Wildman–Crippen MR) is 60.8 cm³/mol. The average Bonchev–Trinajstić information content (AvgIpc) is 2.35. The third-order valence-electron chi connectivity index (χ3n) is 2.72. The Labute approximate surface area is 104 Å². The van der Waals surface area contributed by atoms with Gasteiger partial charge in [0.15, 0.2) is 0 Å². The van der Waals surface area contributed by atoms with Gasteiger partial charge in [0.25, 0.3) is 0 Å². The number of carbonyl (C=O) groups is 3. The first-order chi connectivity index (χ1) is 8.47. The van der Waals surface area contributed by atoms with Gasteiger partial charge in [-0.05, 0) is 6.42 Å². The fraction of sp³-hybridized carbons (Fsp3) is 0.700. The number of amides is 3. The van der Waals surface area contributed by atoms with Crippen molar-refractivity contribution in [1.29, 1.82) is 0 Å². The number of urea groups is 1. The van der Waals surface area contributed by atoms with E-state index >= 15 is 0 Å². The van der Waals surface area contributed by atoms with Crippen LogP contribution in [0.4, 0.5) is 4.79 Å². The molecule has 2 atom stereocenters. The lowest BCUT2D eigenvalue weighted by Crippen LogP contribution is -2.59. The van der Waals surface area contributed by atoms with Crippen LogP contribution in [-0.4, -0.2) is 59.8 Å². The van der Waals surface area contributed by atoms with E-state index in [9.17, 15) is 14.4 Å². The third-order valence-corrected chi connectivity index (χ3v) is 2.72. The van der Waals surface area contributed by atoms with Gasteiger partial charge >= 0.3 is 12.0 Å². The first kappa shape index (κ1) is 14.2.